The van der Waals surface area contributed by atoms with E-state index in [9.17, 15) is 14.4 Å². The van der Waals surface area contributed by atoms with Crippen molar-refractivity contribution < 1.29 is 23.9 Å². The molecule has 2 aromatic carbocycles. The molecule has 0 aliphatic heterocycles. The third-order valence-corrected chi connectivity index (χ3v) is 4.24. The Morgan fingerprint density at radius 1 is 0.933 bits per heavy atom. The largest absolute Gasteiger partial charge is 0.494 e. The smallest absolute Gasteiger partial charge is 0.325 e. The van der Waals surface area contributed by atoms with Crippen molar-refractivity contribution in [3.63, 3.8) is 0 Å². The van der Waals surface area contributed by atoms with Gasteiger partial charge in [-0.1, -0.05) is 25.5 Å². The van der Waals surface area contributed by atoms with E-state index in [2.05, 4.69) is 17.6 Å². The van der Waals surface area contributed by atoms with E-state index in [0.717, 1.165) is 19.3 Å². The van der Waals surface area contributed by atoms with Gasteiger partial charge in [0.2, 0.25) is 0 Å². The highest BCUT2D eigenvalue weighted by Gasteiger charge is 2.11. The minimum Gasteiger partial charge on any atom is -0.494 e. The summed E-state index contributed by atoms with van der Waals surface area (Å²) in [7, 11) is 0. The van der Waals surface area contributed by atoms with Crippen LogP contribution in [0.4, 0.5) is 5.69 Å². The Bertz CT molecular complexity index is 832. The topological polar surface area (TPSA) is 93.7 Å². The van der Waals surface area contributed by atoms with Crippen LogP contribution in [0.15, 0.2) is 48.5 Å². The van der Waals surface area contributed by atoms with Gasteiger partial charge in [0.25, 0.3) is 11.8 Å². The minimum absolute atomic E-state index is 0.328. The number of anilines is 1. The maximum Gasteiger partial charge on any atom is 0.325 e. The van der Waals surface area contributed by atoms with Crippen LogP contribution in [0.1, 0.15) is 42.6 Å². The van der Waals surface area contributed by atoms with Crippen LogP contribution in [0.3, 0.4) is 0 Å². The van der Waals surface area contributed by atoms with Crippen LogP contribution in [0.25, 0.3) is 0 Å². The molecule has 0 aliphatic rings. The average Bonchev–Trinajstić information content (AvgIpc) is 2.76. The number of amides is 2. The Morgan fingerprint density at radius 2 is 1.63 bits per heavy atom. The third kappa shape index (κ3) is 7.95. The molecule has 2 rings (SSSR count). The zero-order valence-electron chi connectivity index (χ0n) is 17.4. The molecule has 0 radical (unpaired) electrons. The Labute approximate surface area is 176 Å². The lowest BCUT2D eigenvalue weighted by molar-refractivity contribution is -0.146. The number of nitrogens with one attached hydrogen (secondary N) is 2. The molecule has 2 aromatic rings. The lowest BCUT2D eigenvalue weighted by atomic mass is 10.1. The van der Waals surface area contributed by atoms with Crippen LogP contribution >= 0.6 is 0 Å². The summed E-state index contributed by atoms with van der Waals surface area (Å²) in [5.41, 5.74) is 2.25. The molecule has 0 heterocycles. The zero-order chi connectivity index (χ0) is 21.8. The van der Waals surface area contributed by atoms with Crippen LogP contribution < -0.4 is 15.4 Å². The number of ether oxygens (including phenoxy) is 2. The number of benzene rings is 2. The van der Waals surface area contributed by atoms with Crippen molar-refractivity contribution in [1.29, 1.82) is 0 Å². The predicted molar refractivity (Wildman–Crippen MR) is 115 cm³/mol. The third-order valence-electron chi connectivity index (χ3n) is 4.24. The van der Waals surface area contributed by atoms with Gasteiger partial charge in [0.05, 0.1) is 6.61 Å². The van der Waals surface area contributed by atoms with E-state index >= 15 is 0 Å². The molecule has 160 valence electrons. The monoisotopic (exact) mass is 412 g/mol. The number of hydrogen-bond acceptors (Lipinski definition) is 5. The molecule has 0 spiro atoms. The van der Waals surface area contributed by atoms with Gasteiger partial charge >= 0.3 is 5.97 Å². The summed E-state index contributed by atoms with van der Waals surface area (Å²) < 4.78 is 10.2. The molecule has 7 heteroatoms. The second-order valence-electron chi connectivity index (χ2n) is 6.65. The van der Waals surface area contributed by atoms with Crippen LogP contribution in [0, 0.1) is 0 Å². The predicted octanol–water partition coefficient (Wildman–Crippen LogP) is 3.34. The van der Waals surface area contributed by atoms with Gasteiger partial charge in [-0.3, -0.25) is 14.4 Å². The highest BCUT2D eigenvalue weighted by molar-refractivity contribution is 5.96. The Hall–Kier alpha value is -3.35. The summed E-state index contributed by atoms with van der Waals surface area (Å²) >= 11 is 0. The molecule has 0 fully saturated rings. The molecule has 0 saturated carbocycles. The van der Waals surface area contributed by atoms with Crippen LogP contribution in [0.2, 0.25) is 0 Å². The van der Waals surface area contributed by atoms with Crippen molar-refractivity contribution in [2.75, 3.05) is 25.1 Å². The normalized spacial score (nSPS) is 10.2. The first-order valence-corrected chi connectivity index (χ1v) is 10.1. The van der Waals surface area contributed by atoms with Crippen molar-refractivity contribution in [1.82, 2.24) is 5.32 Å². The van der Waals surface area contributed by atoms with Crippen LogP contribution in [-0.2, 0) is 20.7 Å². The van der Waals surface area contributed by atoms with Gasteiger partial charge in [0.15, 0.2) is 6.61 Å². The first kappa shape index (κ1) is 22.9. The van der Waals surface area contributed by atoms with Crippen molar-refractivity contribution in [3.05, 3.63) is 59.7 Å². The van der Waals surface area contributed by atoms with Crippen molar-refractivity contribution in [2.45, 2.75) is 33.1 Å². The maximum absolute atomic E-state index is 12.1. The number of rotatable bonds is 11. The molecule has 0 atom stereocenters. The number of carbonyl (C=O) groups excluding carboxylic acids is 3. The van der Waals surface area contributed by atoms with E-state index < -0.39 is 24.4 Å². The molecule has 0 saturated heterocycles. The van der Waals surface area contributed by atoms with Crippen molar-refractivity contribution in [3.8, 4) is 5.75 Å². The average molecular weight is 412 g/mol. The fourth-order valence-electron chi connectivity index (χ4n) is 2.65. The van der Waals surface area contributed by atoms with Gasteiger partial charge in [-0.15, -0.1) is 0 Å². The molecular weight excluding hydrogens is 384 g/mol. The first-order valence-electron chi connectivity index (χ1n) is 10.1. The van der Waals surface area contributed by atoms with Gasteiger partial charge < -0.3 is 20.1 Å². The summed E-state index contributed by atoms with van der Waals surface area (Å²) in [5, 5.41) is 5.13. The van der Waals surface area contributed by atoms with E-state index in [-0.39, 0.29) is 6.54 Å². The van der Waals surface area contributed by atoms with Crippen LogP contribution in [0.5, 0.6) is 5.75 Å². The molecule has 0 aromatic heterocycles. The zero-order valence-corrected chi connectivity index (χ0v) is 17.4. The highest BCUT2D eigenvalue weighted by Crippen LogP contribution is 2.12. The van der Waals surface area contributed by atoms with E-state index in [1.807, 2.05) is 31.2 Å². The second-order valence-corrected chi connectivity index (χ2v) is 6.65. The van der Waals surface area contributed by atoms with Crippen molar-refractivity contribution in [2.24, 2.45) is 0 Å². The summed E-state index contributed by atoms with van der Waals surface area (Å²) in [6, 6.07) is 14.1. The maximum atomic E-state index is 12.1. The number of carbonyl (C=O) groups is 3. The summed E-state index contributed by atoms with van der Waals surface area (Å²) in [5.74, 6) is -0.889. The highest BCUT2D eigenvalue weighted by atomic mass is 16.5. The first-order chi connectivity index (χ1) is 14.5. The van der Waals surface area contributed by atoms with Gasteiger partial charge in [0, 0.05) is 11.3 Å². The number of esters is 1. The Morgan fingerprint density at radius 3 is 2.27 bits per heavy atom. The lowest BCUT2D eigenvalue weighted by Gasteiger charge is -2.09. The van der Waals surface area contributed by atoms with E-state index in [1.54, 1.807) is 24.3 Å². The summed E-state index contributed by atoms with van der Waals surface area (Å²) in [6.07, 6.45) is 3.26. The van der Waals surface area contributed by atoms with E-state index in [1.165, 1.54) is 5.56 Å². The molecule has 30 heavy (non-hydrogen) atoms. The molecule has 0 bridgehead atoms. The summed E-state index contributed by atoms with van der Waals surface area (Å²) in [6.45, 7) is 3.80. The summed E-state index contributed by atoms with van der Waals surface area (Å²) in [4.78, 5) is 35.8. The molecule has 0 unspecified atom stereocenters. The van der Waals surface area contributed by atoms with Gasteiger partial charge in [0.1, 0.15) is 12.3 Å². The number of aryl methyl sites for hydroxylation is 1. The lowest BCUT2D eigenvalue weighted by Crippen LogP contribution is -2.32. The van der Waals surface area contributed by atoms with Gasteiger partial charge in [-0.2, -0.15) is 0 Å². The quantitative estimate of drug-likeness (QED) is 0.552. The molecule has 2 amide bonds. The minimum atomic E-state index is -0.695. The molecule has 0 aliphatic carbocycles. The standard InChI is InChI=1S/C23H28N2O5/c1-3-5-6-17-7-11-19(12-8-17)25-21(26)16-30-22(27)15-24-23(28)18-9-13-20(14-10-18)29-4-2/h7-14H,3-6,15-16H2,1-2H3,(H,24,28)(H,25,26). The molecular formula is C23H28N2O5. The fourth-order valence-corrected chi connectivity index (χ4v) is 2.65. The van der Waals surface area contributed by atoms with Gasteiger partial charge in [-0.05, 0) is 61.7 Å². The SMILES string of the molecule is CCCCc1ccc(NC(=O)COC(=O)CNC(=O)c2ccc(OCC)cc2)cc1. The molecule has 2 N–H and O–H groups in total. The number of hydrogen-bond donors (Lipinski definition) is 2. The molecule has 7 nitrogen and oxygen atoms in total. The second kappa shape index (κ2) is 12.3. The van der Waals surface area contributed by atoms with Crippen LogP contribution in [-0.4, -0.2) is 37.5 Å². The Balaban J connectivity index is 1.69. The van der Waals surface area contributed by atoms with E-state index in [0.29, 0.717) is 23.6 Å². The van der Waals surface area contributed by atoms with Crippen molar-refractivity contribution >= 4 is 23.5 Å². The van der Waals surface area contributed by atoms with Gasteiger partial charge in [-0.25, -0.2) is 0 Å². The number of unbranched alkanes of at least 4 members (excludes halogenated alkanes) is 1. The fraction of sp³-hybridized carbons (Fsp3) is 0.348. The Kier molecular flexibility index (Phi) is 9.37. The van der Waals surface area contributed by atoms with E-state index in [4.69, 9.17) is 9.47 Å².